The maximum absolute atomic E-state index is 11.6. The smallest absolute Gasteiger partial charge is 0.246 e. The first-order valence-corrected chi connectivity index (χ1v) is 8.08. The molecule has 0 aliphatic heterocycles. The summed E-state index contributed by atoms with van der Waals surface area (Å²) < 4.78 is 11.2. The van der Waals surface area contributed by atoms with E-state index in [9.17, 15) is 4.79 Å². The van der Waals surface area contributed by atoms with Gasteiger partial charge in [0.05, 0.1) is 6.61 Å². The van der Waals surface area contributed by atoms with Gasteiger partial charge < -0.3 is 14.5 Å². The molecule has 5 nitrogen and oxygen atoms in total. The molecule has 0 radical (unpaired) electrons. The van der Waals surface area contributed by atoms with Crippen LogP contribution < -0.4 is 5.32 Å². The highest BCUT2D eigenvalue weighted by atomic mass is 16.5. The van der Waals surface area contributed by atoms with Crippen molar-refractivity contribution in [2.45, 2.75) is 45.8 Å². The zero-order valence-corrected chi connectivity index (χ0v) is 13.6. The average molecular weight is 314 g/mol. The number of carbonyl (C=O) groups excluding carboxylic acids is 1. The molecule has 0 atom stereocenters. The van der Waals surface area contributed by atoms with Gasteiger partial charge in [-0.3, -0.25) is 4.79 Å². The average Bonchev–Trinajstić information content (AvgIpc) is 3.29. The molecule has 0 saturated heterocycles. The van der Waals surface area contributed by atoms with Crippen molar-refractivity contribution in [2.24, 2.45) is 0 Å². The van der Waals surface area contributed by atoms with Crippen molar-refractivity contribution in [2.75, 3.05) is 6.61 Å². The summed E-state index contributed by atoms with van der Waals surface area (Å²) in [6, 6.07) is 8.54. The lowest BCUT2D eigenvalue weighted by atomic mass is 10.1. The van der Waals surface area contributed by atoms with Gasteiger partial charge in [-0.2, -0.15) is 0 Å². The molecule has 1 saturated carbocycles. The van der Waals surface area contributed by atoms with Crippen LogP contribution in [-0.2, 0) is 22.6 Å². The largest absolute Gasteiger partial charge is 0.441 e. The van der Waals surface area contributed by atoms with E-state index in [0.717, 1.165) is 36.3 Å². The number of amides is 1. The summed E-state index contributed by atoms with van der Waals surface area (Å²) >= 11 is 0. The van der Waals surface area contributed by atoms with E-state index in [1.54, 1.807) is 0 Å². The Balaban J connectivity index is 1.57. The molecule has 5 heteroatoms. The second-order valence-corrected chi connectivity index (χ2v) is 5.91. The van der Waals surface area contributed by atoms with E-state index in [1.807, 2.05) is 19.1 Å². The lowest BCUT2D eigenvalue weighted by Gasteiger charge is -2.03. The molecule has 0 unspecified atom stereocenters. The van der Waals surface area contributed by atoms with Crippen LogP contribution in [0, 0.1) is 6.92 Å². The molecule has 3 rings (SSSR count). The second kappa shape index (κ2) is 6.96. The van der Waals surface area contributed by atoms with Gasteiger partial charge in [0.1, 0.15) is 18.1 Å². The van der Waals surface area contributed by atoms with E-state index in [-0.39, 0.29) is 19.1 Å². The normalized spacial score (nSPS) is 14.0. The predicted octanol–water partition coefficient (Wildman–Crippen LogP) is 3.01. The van der Waals surface area contributed by atoms with Gasteiger partial charge in [0.15, 0.2) is 0 Å². The van der Waals surface area contributed by atoms with Crippen LogP contribution in [0.5, 0.6) is 0 Å². The topological polar surface area (TPSA) is 64.4 Å². The molecule has 1 aliphatic rings. The van der Waals surface area contributed by atoms with Crippen LogP contribution in [0.2, 0.25) is 0 Å². The van der Waals surface area contributed by atoms with Gasteiger partial charge in [-0.25, -0.2) is 4.98 Å². The first kappa shape index (κ1) is 15.7. The maximum Gasteiger partial charge on any atom is 0.246 e. The molecular weight excluding hydrogens is 292 g/mol. The van der Waals surface area contributed by atoms with Crippen molar-refractivity contribution >= 4 is 5.91 Å². The van der Waals surface area contributed by atoms with E-state index < -0.39 is 0 Å². The molecule has 1 fully saturated rings. The number of hydrogen-bond acceptors (Lipinski definition) is 4. The summed E-state index contributed by atoms with van der Waals surface area (Å²) in [5, 5.41) is 2.89. The minimum atomic E-state index is -0.0657. The van der Waals surface area contributed by atoms with Gasteiger partial charge in [-0.1, -0.05) is 19.1 Å². The van der Waals surface area contributed by atoms with Crippen molar-refractivity contribution < 1.29 is 13.9 Å². The fourth-order valence-electron chi connectivity index (χ4n) is 2.31. The van der Waals surface area contributed by atoms with Gasteiger partial charge in [0.25, 0.3) is 0 Å². The van der Waals surface area contributed by atoms with Gasteiger partial charge in [0.2, 0.25) is 11.8 Å². The Morgan fingerprint density at radius 2 is 2.09 bits per heavy atom. The summed E-state index contributed by atoms with van der Waals surface area (Å²) in [5.74, 6) is 1.25. The van der Waals surface area contributed by atoms with Crippen molar-refractivity contribution in [3.63, 3.8) is 0 Å². The third-order valence-electron chi connectivity index (χ3n) is 3.92. The Labute approximate surface area is 136 Å². The lowest BCUT2D eigenvalue weighted by Crippen LogP contribution is -2.29. The zero-order valence-electron chi connectivity index (χ0n) is 13.6. The first-order valence-electron chi connectivity index (χ1n) is 8.08. The minimum Gasteiger partial charge on any atom is -0.441 e. The molecule has 1 aromatic carbocycles. The van der Waals surface area contributed by atoms with Crippen LogP contribution in [0.25, 0.3) is 11.5 Å². The van der Waals surface area contributed by atoms with Gasteiger partial charge >= 0.3 is 0 Å². The fraction of sp³-hybridized carbons (Fsp3) is 0.444. The van der Waals surface area contributed by atoms with Crippen LogP contribution in [0.1, 0.15) is 36.8 Å². The summed E-state index contributed by atoms with van der Waals surface area (Å²) in [6.07, 6.45) is 3.16. The number of aromatic nitrogens is 1. The van der Waals surface area contributed by atoms with E-state index in [1.165, 1.54) is 5.56 Å². The van der Waals surface area contributed by atoms with E-state index in [2.05, 4.69) is 29.4 Å². The van der Waals surface area contributed by atoms with Gasteiger partial charge in [-0.05, 0) is 43.9 Å². The molecule has 23 heavy (non-hydrogen) atoms. The number of aryl methyl sites for hydroxylation is 2. The molecule has 0 spiro atoms. The van der Waals surface area contributed by atoms with Crippen LogP contribution in [0.3, 0.4) is 0 Å². The highest BCUT2D eigenvalue weighted by molar-refractivity contribution is 5.77. The number of nitrogens with one attached hydrogen (secondary N) is 1. The monoisotopic (exact) mass is 314 g/mol. The zero-order chi connectivity index (χ0) is 16.2. The Morgan fingerprint density at radius 3 is 2.74 bits per heavy atom. The Hall–Kier alpha value is -2.14. The molecule has 1 heterocycles. The van der Waals surface area contributed by atoms with Gasteiger partial charge in [-0.15, -0.1) is 0 Å². The fourth-order valence-corrected chi connectivity index (χ4v) is 2.31. The van der Waals surface area contributed by atoms with Crippen molar-refractivity contribution in [3.05, 3.63) is 41.3 Å². The number of hydrogen-bond donors (Lipinski definition) is 1. The molecule has 1 aromatic heterocycles. The Kier molecular flexibility index (Phi) is 4.76. The summed E-state index contributed by atoms with van der Waals surface area (Å²) in [7, 11) is 0. The summed E-state index contributed by atoms with van der Waals surface area (Å²) in [6.45, 7) is 4.32. The van der Waals surface area contributed by atoms with Crippen molar-refractivity contribution in [1.29, 1.82) is 0 Å². The van der Waals surface area contributed by atoms with Crippen molar-refractivity contribution in [3.8, 4) is 11.5 Å². The number of rotatable bonds is 7. The number of ether oxygens (including phenoxy) is 1. The summed E-state index contributed by atoms with van der Waals surface area (Å²) in [5.41, 5.74) is 2.96. The quantitative estimate of drug-likeness (QED) is 0.853. The highest BCUT2D eigenvalue weighted by Crippen LogP contribution is 2.23. The first-order chi connectivity index (χ1) is 11.2. The molecular formula is C18H22N2O3. The number of nitrogens with zero attached hydrogens (tertiary/aromatic N) is 1. The molecule has 0 bridgehead atoms. The standard InChI is InChI=1S/C18H22N2O3/c1-3-13-4-6-14(7-5-13)18-20-16(12(2)23-18)10-22-11-17(21)19-15-8-9-15/h4-7,15H,3,8-11H2,1-2H3,(H,19,21). The van der Waals surface area contributed by atoms with E-state index >= 15 is 0 Å². The number of oxazole rings is 1. The van der Waals surface area contributed by atoms with Crippen LogP contribution in [-0.4, -0.2) is 23.5 Å². The third kappa shape index (κ3) is 4.20. The Morgan fingerprint density at radius 1 is 1.35 bits per heavy atom. The SMILES string of the molecule is CCc1ccc(-c2nc(COCC(=O)NC3CC3)c(C)o2)cc1. The minimum absolute atomic E-state index is 0.0589. The number of benzene rings is 1. The van der Waals surface area contributed by atoms with E-state index in [4.69, 9.17) is 9.15 Å². The van der Waals surface area contributed by atoms with Gasteiger partial charge in [0, 0.05) is 11.6 Å². The van der Waals surface area contributed by atoms with Crippen LogP contribution in [0.4, 0.5) is 0 Å². The van der Waals surface area contributed by atoms with Crippen molar-refractivity contribution in [1.82, 2.24) is 10.3 Å². The second-order valence-electron chi connectivity index (χ2n) is 5.91. The summed E-state index contributed by atoms with van der Waals surface area (Å²) in [4.78, 5) is 16.1. The maximum atomic E-state index is 11.6. The molecule has 2 aromatic rings. The molecule has 1 N–H and O–H groups in total. The van der Waals surface area contributed by atoms with E-state index in [0.29, 0.717) is 11.9 Å². The third-order valence-corrected chi connectivity index (χ3v) is 3.92. The molecule has 1 amide bonds. The highest BCUT2D eigenvalue weighted by Gasteiger charge is 2.23. The Bertz CT molecular complexity index is 672. The van der Waals surface area contributed by atoms with Crippen LogP contribution >= 0.6 is 0 Å². The molecule has 1 aliphatic carbocycles. The van der Waals surface area contributed by atoms with Crippen LogP contribution in [0.15, 0.2) is 28.7 Å². The molecule has 122 valence electrons. The number of carbonyl (C=O) groups is 1. The lowest BCUT2D eigenvalue weighted by molar-refractivity contribution is -0.126. The predicted molar refractivity (Wildman–Crippen MR) is 86.9 cm³/mol.